The van der Waals surface area contributed by atoms with Gasteiger partial charge in [-0.2, -0.15) is 0 Å². The van der Waals surface area contributed by atoms with Gasteiger partial charge >= 0.3 is 0 Å². The summed E-state index contributed by atoms with van der Waals surface area (Å²) in [5, 5.41) is 10.6. The minimum atomic E-state index is 0.0421. The second-order valence-corrected chi connectivity index (χ2v) is 7.00. The maximum atomic E-state index is 10.6. The van der Waals surface area contributed by atoms with Crippen LogP contribution in [0.15, 0.2) is 0 Å². The number of hydrogen-bond acceptors (Lipinski definition) is 1. The SMILES string of the molecule is CC1CC(C)CC(C(O)C2C3CCCC32)C1. The van der Waals surface area contributed by atoms with E-state index < -0.39 is 0 Å². The van der Waals surface area contributed by atoms with Gasteiger partial charge in [-0.05, 0) is 67.6 Å². The zero-order valence-corrected chi connectivity index (χ0v) is 10.7. The van der Waals surface area contributed by atoms with Crippen molar-refractivity contribution in [1.82, 2.24) is 0 Å². The Balaban J connectivity index is 1.60. The first-order valence-corrected chi connectivity index (χ1v) is 7.35. The van der Waals surface area contributed by atoms with Gasteiger partial charge in [0.15, 0.2) is 0 Å². The first-order chi connectivity index (χ1) is 7.66. The fourth-order valence-corrected chi connectivity index (χ4v) is 4.99. The van der Waals surface area contributed by atoms with Crippen molar-refractivity contribution >= 4 is 0 Å². The molecule has 3 aliphatic carbocycles. The molecule has 1 nitrogen and oxygen atoms in total. The van der Waals surface area contributed by atoms with E-state index in [4.69, 9.17) is 0 Å². The third-order valence-electron chi connectivity index (χ3n) is 5.57. The van der Waals surface area contributed by atoms with Crippen LogP contribution in [-0.4, -0.2) is 11.2 Å². The normalized spacial score (nSPS) is 53.4. The van der Waals surface area contributed by atoms with Gasteiger partial charge in [-0.25, -0.2) is 0 Å². The highest BCUT2D eigenvalue weighted by Gasteiger charge is 2.57. The van der Waals surface area contributed by atoms with E-state index in [1.165, 1.54) is 38.5 Å². The quantitative estimate of drug-likeness (QED) is 0.758. The van der Waals surface area contributed by atoms with Crippen LogP contribution in [0.5, 0.6) is 0 Å². The molecule has 0 bridgehead atoms. The molecule has 3 rings (SSSR count). The predicted molar refractivity (Wildman–Crippen MR) is 66.0 cm³/mol. The molecule has 0 aromatic rings. The molecule has 1 N–H and O–H groups in total. The molecule has 0 saturated heterocycles. The first kappa shape index (κ1) is 11.1. The average molecular weight is 222 g/mol. The summed E-state index contributed by atoms with van der Waals surface area (Å²) in [4.78, 5) is 0. The third kappa shape index (κ3) is 1.81. The molecular formula is C15H26O. The molecule has 5 unspecified atom stereocenters. The van der Waals surface area contributed by atoms with Crippen LogP contribution in [0.1, 0.15) is 52.4 Å². The number of rotatable bonds is 2. The number of hydrogen-bond donors (Lipinski definition) is 1. The summed E-state index contributed by atoms with van der Waals surface area (Å²) < 4.78 is 0. The molecule has 16 heavy (non-hydrogen) atoms. The predicted octanol–water partition coefficient (Wildman–Crippen LogP) is 3.47. The van der Waals surface area contributed by atoms with Crippen LogP contribution in [0.3, 0.4) is 0 Å². The molecule has 0 radical (unpaired) electrons. The molecule has 1 heteroatoms. The molecule has 3 fully saturated rings. The van der Waals surface area contributed by atoms with Gasteiger partial charge in [0.1, 0.15) is 0 Å². The van der Waals surface area contributed by atoms with E-state index in [9.17, 15) is 5.11 Å². The van der Waals surface area contributed by atoms with E-state index in [0.717, 1.165) is 23.7 Å². The molecule has 0 aromatic heterocycles. The minimum Gasteiger partial charge on any atom is -0.393 e. The average Bonchev–Trinajstić information content (AvgIpc) is 2.68. The molecule has 3 aliphatic rings. The number of aliphatic hydroxyl groups excluding tert-OH is 1. The highest BCUT2D eigenvalue weighted by molar-refractivity contribution is 5.05. The molecule has 0 aliphatic heterocycles. The van der Waals surface area contributed by atoms with Gasteiger partial charge < -0.3 is 5.11 Å². The van der Waals surface area contributed by atoms with Gasteiger partial charge in [0.05, 0.1) is 6.10 Å². The van der Waals surface area contributed by atoms with Gasteiger partial charge in [0.2, 0.25) is 0 Å². The minimum absolute atomic E-state index is 0.0421. The summed E-state index contributed by atoms with van der Waals surface area (Å²) in [5.41, 5.74) is 0. The number of fused-ring (bicyclic) bond motifs is 1. The molecule has 0 heterocycles. The van der Waals surface area contributed by atoms with Crippen molar-refractivity contribution in [3.8, 4) is 0 Å². The van der Waals surface area contributed by atoms with Crippen LogP contribution in [0.4, 0.5) is 0 Å². The summed E-state index contributed by atoms with van der Waals surface area (Å²) in [6.45, 7) is 4.73. The van der Waals surface area contributed by atoms with Crippen LogP contribution in [0.25, 0.3) is 0 Å². The van der Waals surface area contributed by atoms with E-state index in [1.807, 2.05) is 0 Å². The Labute approximate surface area is 99.6 Å². The Hall–Kier alpha value is -0.0400. The van der Waals surface area contributed by atoms with Crippen molar-refractivity contribution < 1.29 is 5.11 Å². The lowest BCUT2D eigenvalue weighted by molar-refractivity contribution is 0.0311. The second-order valence-electron chi connectivity index (χ2n) is 7.00. The van der Waals surface area contributed by atoms with E-state index in [0.29, 0.717) is 11.8 Å². The Kier molecular flexibility index (Phi) is 2.78. The fourth-order valence-electron chi connectivity index (χ4n) is 4.99. The van der Waals surface area contributed by atoms with E-state index in [2.05, 4.69) is 13.8 Å². The van der Waals surface area contributed by atoms with E-state index in [1.54, 1.807) is 0 Å². The van der Waals surface area contributed by atoms with Gasteiger partial charge in [-0.3, -0.25) is 0 Å². The van der Waals surface area contributed by atoms with Crippen molar-refractivity contribution in [3.63, 3.8) is 0 Å². The van der Waals surface area contributed by atoms with Gasteiger partial charge in [-0.1, -0.05) is 20.3 Å². The molecule has 5 atom stereocenters. The van der Waals surface area contributed by atoms with Crippen molar-refractivity contribution in [2.75, 3.05) is 0 Å². The van der Waals surface area contributed by atoms with E-state index in [-0.39, 0.29) is 6.10 Å². The highest BCUT2D eigenvalue weighted by atomic mass is 16.3. The van der Waals surface area contributed by atoms with Crippen LogP contribution in [-0.2, 0) is 0 Å². The lowest BCUT2D eigenvalue weighted by Crippen LogP contribution is -2.31. The molecule has 0 aromatic carbocycles. The molecule has 0 spiro atoms. The molecular weight excluding hydrogens is 196 g/mol. The van der Waals surface area contributed by atoms with Crippen molar-refractivity contribution in [3.05, 3.63) is 0 Å². The summed E-state index contributed by atoms with van der Waals surface area (Å²) >= 11 is 0. The van der Waals surface area contributed by atoms with Crippen molar-refractivity contribution in [1.29, 1.82) is 0 Å². The third-order valence-corrected chi connectivity index (χ3v) is 5.57. The number of aliphatic hydroxyl groups is 1. The largest absolute Gasteiger partial charge is 0.393 e. The van der Waals surface area contributed by atoms with Gasteiger partial charge in [0.25, 0.3) is 0 Å². The summed E-state index contributed by atoms with van der Waals surface area (Å²) in [6.07, 6.45) is 8.22. The maximum absolute atomic E-state index is 10.6. The van der Waals surface area contributed by atoms with Gasteiger partial charge in [0, 0.05) is 0 Å². The summed E-state index contributed by atoms with van der Waals surface area (Å²) in [6, 6.07) is 0. The smallest absolute Gasteiger partial charge is 0.0602 e. The Morgan fingerprint density at radius 2 is 1.50 bits per heavy atom. The lowest BCUT2D eigenvalue weighted by atomic mass is 9.73. The van der Waals surface area contributed by atoms with Crippen molar-refractivity contribution in [2.24, 2.45) is 35.5 Å². The van der Waals surface area contributed by atoms with Crippen LogP contribution < -0.4 is 0 Å². The van der Waals surface area contributed by atoms with Gasteiger partial charge in [-0.15, -0.1) is 0 Å². The van der Waals surface area contributed by atoms with Crippen LogP contribution in [0.2, 0.25) is 0 Å². The molecule has 0 amide bonds. The lowest BCUT2D eigenvalue weighted by Gasteiger charge is -2.35. The topological polar surface area (TPSA) is 20.2 Å². The fraction of sp³-hybridized carbons (Fsp3) is 1.00. The van der Waals surface area contributed by atoms with Crippen LogP contribution >= 0.6 is 0 Å². The van der Waals surface area contributed by atoms with Crippen molar-refractivity contribution in [2.45, 2.75) is 58.5 Å². The first-order valence-electron chi connectivity index (χ1n) is 7.35. The highest BCUT2D eigenvalue weighted by Crippen LogP contribution is 2.60. The zero-order valence-electron chi connectivity index (χ0n) is 10.7. The van der Waals surface area contributed by atoms with Crippen LogP contribution in [0, 0.1) is 35.5 Å². The summed E-state index contributed by atoms with van der Waals surface area (Å²) in [5.74, 6) is 4.83. The Bertz CT molecular complexity index is 242. The molecule has 92 valence electrons. The zero-order chi connectivity index (χ0) is 11.3. The summed E-state index contributed by atoms with van der Waals surface area (Å²) in [7, 11) is 0. The second kappa shape index (κ2) is 4.01. The van der Waals surface area contributed by atoms with E-state index >= 15 is 0 Å². The maximum Gasteiger partial charge on any atom is 0.0602 e. The Morgan fingerprint density at radius 1 is 0.938 bits per heavy atom. The molecule has 3 saturated carbocycles. The standard InChI is InChI=1S/C15H26O/c1-9-6-10(2)8-11(7-9)15(16)14-12-4-3-5-13(12)14/h9-16H,3-8H2,1-2H3. The Morgan fingerprint density at radius 3 is 2.06 bits per heavy atom. The monoisotopic (exact) mass is 222 g/mol.